The highest BCUT2D eigenvalue weighted by Gasteiger charge is 2.51. The number of hydrogen-bond acceptors (Lipinski definition) is 16. The smallest absolute Gasteiger partial charge is 0.220 e. The van der Waals surface area contributed by atoms with Gasteiger partial charge in [0.15, 0.2) is 16.8 Å². The van der Waals surface area contributed by atoms with Crippen molar-refractivity contribution in [3.8, 4) is 5.75 Å². The van der Waals surface area contributed by atoms with Crippen LogP contribution >= 0.6 is 0 Å². The van der Waals surface area contributed by atoms with Crippen molar-refractivity contribution in [2.45, 2.75) is 94.0 Å². The van der Waals surface area contributed by atoms with Crippen LogP contribution in [0.3, 0.4) is 0 Å². The summed E-state index contributed by atoms with van der Waals surface area (Å²) in [6.45, 7) is 3.40. The van der Waals surface area contributed by atoms with Crippen molar-refractivity contribution in [2.24, 2.45) is 15.9 Å². The molecule has 0 aliphatic carbocycles. The number of nitrogens with one attached hydrogen (secondary N) is 2. The minimum atomic E-state index is -2.42. The molecule has 60 heavy (non-hydrogen) atoms. The molecule has 8 atom stereocenters. The monoisotopic (exact) mass is 830 g/mol. The van der Waals surface area contributed by atoms with Crippen LogP contribution in [-0.2, 0) is 21.0 Å². The molecule has 7 N–H and O–H groups in total. The number of ether oxygens (including phenoxy) is 1. The molecule has 0 bridgehead atoms. The van der Waals surface area contributed by atoms with E-state index in [1.165, 1.54) is 6.07 Å². The van der Waals surface area contributed by atoms with Gasteiger partial charge in [0.25, 0.3) is 0 Å². The van der Waals surface area contributed by atoms with Gasteiger partial charge in [-0.2, -0.15) is 0 Å². The van der Waals surface area contributed by atoms with Gasteiger partial charge in [0.05, 0.1) is 42.5 Å². The minimum absolute atomic E-state index is 0.0157. The van der Waals surface area contributed by atoms with Gasteiger partial charge in [-0.05, 0) is 70.0 Å². The predicted octanol–water partition coefficient (Wildman–Crippen LogP) is 1.04. The van der Waals surface area contributed by atoms with Crippen molar-refractivity contribution >= 4 is 34.0 Å². The van der Waals surface area contributed by atoms with Crippen LogP contribution in [0.4, 0.5) is 5.69 Å². The van der Waals surface area contributed by atoms with E-state index in [2.05, 4.69) is 32.4 Å². The maximum atomic E-state index is 13.7. The van der Waals surface area contributed by atoms with Gasteiger partial charge in [-0.3, -0.25) is 19.6 Å². The first-order chi connectivity index (χ1) is 28.9. The van der Waals surface area contributed by atoms with E-state index in [0.29, 0.717) is 91.2 Å². The summed E-state index contributed by atoms with van der Waals surface area (Å²) in [6.07, 6.45) is 6.85. The Bertz CT molecular complexity index is 2250. The number of aliphatic hydroxyl groups excluding tert-OH is 4. The lowest BCUT2D eigenvalue weighted by Gasteiger charge is -2.46. The molecule has 322 valence electrons. The number of benzene rings is 1. The lowest BCUT2D eigenvalue weighted by molar-refractivity contribution is -0.367. The minimum Gasteiger partial charge on any atom is -0.482 e. The number of hydrogen-bond donors (Lipinski definition) is 7. The first-order valence-corrected chi connectivity index (χ1v) is 20.7. The highest BCUT2D eigenvalue weighted by Crippen LogP contribution is 2.50. The molecule has 1 aromatic heterocycles. The van der Waals surface area contributed by atoms with Gasteiger partial charge in [0.1, 0.15) is 53.7 Å². The molecule has 1 aromatic carbocycles. The summed E-state index contributed by atoms with van der Waals surface area (Å²) in [6, 6.07) is 2.87. The first kappa shape index (κ1) is 42.0. The summed E-state index contributed by atoms with van der Waals surface area (Å²) < 4.78 is 13.7. The molecule has 1 amide bonds. The van der Waals surface area contributed by atoms with Gasteiger partial charge in [-0.1, -0.05) is 6.92 Å². The molecule has 6 aliphatic rings. The van der Waals surface area contributed by atoms with Gasteiger partial charge in [-0.15, -0.1) is 0 Å². The highest BCUT2D eigenvalue weighted by molar-refractivity contribution is 6.13. The van der Waals surface area contributed by atoms with Crippen molar-refractivity contribution in [3.05, 3.63) is 81.8 Å². The van der Waals surface area contributed by atoms with Crippen LogP contribution in [0.15, 0.2) is 79.4 Å². The largest absolute Gasteiger partial charge is 0.482 e. The Morgan fingerprint density at radius 3 is 2.72 bits per heavy atom. The molecule has 7 heterocycles. The predicted molar refractivity (Wildman–Crippen MR) is 222 cm³/mol. The standard InChI is InChI=1S/C43H54N6O11/c1-4-31-27-6-11-46-30(27)20-49(31)38-39-26(17-28-33(51)15-24(2)58-40(28)38)18-36(42(59-39,10-13-44-3)9-5-25-16-37(54)47-19-25)60-57-22-35(53)43(56,41(55)34(52)21-50)23-48-14-8-29-32(48)7-12-45-29/h6-8,11-12,14-15,17,25,32,34-36,41,44,50,52-53,55-56H,4-5,9-10,13,16,18-23H2,1-3H3,(H,47,54)/t25-,32?,34-,35+,36-,41-,42+,43-/m1/s1. The molecule has 1 fully saturated rings. The zero-order chi connectivity index (χ0) is 42.3. The summed E-state index contributed by atoms with van der Waals surface area (Å²) in [5, 5.41) is 61.4. The summed E-state index contributed by atoms with van der Waals surface area (Å²) in [4.78, 5) is 50.8. The Kier molecular flexibility index (Phi) is 11.9. The van der Waals surface area contributed by atoms with E-state index < -0.39 is 48.8 Å². The van der Waals surface area contributed by atoms with Gasteiger partial charge in [0.2, 0.25) is 5.91 Å². The van der Waals surface area contributed by atoms with Crippen LogP contribution in [0.5, 0.6) is 5.75 Å². The summed E-state index contributed by atoms with van der Waals surface area (Å²) in [5.74, 6) is 1.01. The number of rotatable bonds is 18. The number of aliphatic hydroxyl groups is 5. The van der Waals surface area contributed by atoms with Crippen molar-refractivity contribution in [1.82, 2.24) is 15.5 Å². The second kappa shape index (κ2) is 17.0. The fourth-order valence-electron chi connectivity index (χ4n) is 9.33. The summed E-state index contributed by atoms with van der Waals surface area (Å²) >= 11 is 0. The molecular weight excluding hydrogens is 777 g/mol. The molecule has 17 nitrogen and oxygen atoms in total. The fourth-order valence-corrected chi connectivity index (χ4v) is 9.33. The molecule has 1 saturated heterocycles. The van der Waals surface area contributed by atoms with E-state index in [1.807, 2.05) is 13.1 Å². The Labute approximate surface area is 347 Å². The lowest BCUT2D eigenvalue weighted by Crippen LogP contribution is -2.64. The normalized spacial score (nSPS) is 26.5. The van der Waals surface area contributed by atoms with E-state index in [1.54, 1.807) is 48.6 Å². The van der Waals surface area contributed by atoms with Crippen LogP contribution in [0.1, 0.15) is 50.4 Å². The molecule has 0 spiro atoms. The van der Waals surface area contributed by atoms with E-state index in [-0.39, 0.29) is 36.3 Å². The van der Waals surface area contributed by atoms with Crippen molar-refractivity contribution in [1.29, 1.82) is 0 Å². The Hall–Kier alpha value is -4.72. The fraction of sp³-hybridized carbons (Fsp3) is 0.535. The Balaban J connectivity index is 1.15. The van der Waals surface area contributed by atoms with E-state index in [9.17, 15) is 35.1 Å². The molecule has 17 heteroatoms. The highest BCUT2D eigenvalue weighted by atomic mass is 17.2. The third-order valence-electron chi connectivity index (χ3n) is 12.7. The molecule has 1 unspecified atom stereocenters. The maximum Gasteiger partial charge on any atom is 0.220 e. The number of fused-ring (bicyclic) bond motifs is 4. The molecule has 2 aromatic rings. The van der Waals surface area contributed by atoms with Crippen LogP contribution < -0.4 is 25.7 Å². The molecule has 8 rings (SSSR count). The number of aliphatic imine (C=N–C) groups is 2. The summed E-state index contributed by atoms with van der Waals surface area (Å²) in [7, 11) is 1.83. The zero-order valence-corrected chi connectivity index (χ0v) is 34.0. The van der Waals surface area contributed by atoms with Crippen LogP contribution in [0, 0.1) is 12.8 Å². The van der Waals surface area contributed by atoms with Crippen molar-refractivity contribution < 1.29 is 49.3 Å². The number of nitrogens with zero attached hydrogens (tertiary/aromatic N) is 4. The second-order valence-corrected chi connectivity index (χ2v) is 16.5. The van der Waals surface area contributed by atoms with Gasteiger partial charge in [-0.25, -0.2) is 9.78 Å². The molecular formula is C43H54N6O11. The number of aryl methyl sites for hydroxylation is 1. The SMILES string of the molecule is CCC1=C2C=CN=C2CN1c1c2c(cc3c(=O)cc(C)oc13)C[C@@H](OOC[C@H](O)[C@](O)(CN1C=CC3=NC=CC31)[C@H](O)[C@H](O)CO)[C@@](CCNC)(CC[C@H]1CNC(=O)C1)O2. The third kappa shape index (κ3) is 7.62. The van der Waals surface area contributed by atoms with Crippen LogP contribution in [-0.4, -0.2) is 136 Å². The van der Waals surface area contributed by atoms with Gasteiger partial charge < -0.3 is 55.1 Å². The number of anilines is 1. The molecule has 6 aliphatic heterocycles. The zero-order valence-electron chi connectivity index (χ0n) is 34.0. The number of carbonyl (C=O) groups is 1. The topological polar surface area (TPSA) is 231 Å². The van der Waals surface area contributed by atoms with Crippen molar-refractivity contribution in [3.63, 3.8) is 0 Å². The average molecular weight is 831 g/mol. The molecule has 0 radical (unpaired) electrons. The van der Waals surface area contributed by atoms with E-state index in [0.717, 1.165) is 17.0 Å². The quantitative estimate of drug-likeness (QED) is 0.0823. The number of allylic oxidation sites excluding steroid dienone is 2. The van der Waals surface area contributed by atoms with Gasteiger partial charge >= 0.3 is 0 Å². The number of β-amino-alcohol motifs (C(OH)–C–C–N with tert-alkyl or cyclic N) is 1. The van der Waals surface area contributed by atoms with Gasteiger partial charge in [0, 0.05) is 67.3 Å². The second-order valence-electron chi connectivity index (χ2n) is 16.5. The van der Waals surface area contributed by atoms with Crippen LogP contribution in [0.2, 0.25) is 0 Å². The first-order valence-electron chi connectivity index (χ1n) is 20.7. The lowest BCUT2D eigenvalue weighted by atomic mass is 9.79. The van der Waals surface area contributed by atoms with E-state index in [4.69, 9.17) is 18.9 Å². The third-order valence-corrected chi connectivity index (χ3v) is 12.7. The van der Waals surface area contributed by atoms with Crippen molar-refractivity contribution in [2.75, 3.05) is 51.3 Å². The maximum absolute atomic E-state index is 13.7. The Morgan fingerprint density at radius 1 is 1.13 bits per heavy atom. The Morgan fingerprint density at radius 2 is 1.97 bits per heavy atom. The number of carbonyl (C=O) groups excluding carboxylic acids is 1. The average Bonchev–Trinajstić information content (AvgIpc) is 4.08. The van der Waals surface area contributed by atoms with Crippen LogP contribution in [0.25, 0.3) is 11.0 Å². The van der Waals surface area contributed by atoms with E-state index >= 15 is 0 Å². The summed E-state index contributed by atoms with van der Waals surface area (Å²) in [5.41, 5.74) is 1.58. The molecule has 0 saturated carbocycles. The number of amides is 1.